The van der Waals surface area contributed by atoms with E-state index in [1.165, 1.54) is 17.9 Å². The van der Waals surface area contributed by atoms with Gasteiger partial charge in [0.1, 0.15) is 0 Å². The number of aryl methyl sites for hydroxylation is 1. The molecule has 1 aromatic rings. The summed E-state index contributed by atoms with van der Waals surface area (Å²) < 4.78 is 77.5. The summed E-state index contributed by atoms with van der Waals surface area (Å²) >= 11 is 0. The van der Waals surface area contributed by atoms with Crippen molar-refractivity contribution in [1.82, 2.24) is 4.68 Å². The first-order valence-corrected chi connectivity index (χ1v) is 3.89. The van der Waals surface area contributed by atoms with Crippen molar-refractivity contribution in [3.05, 3.63) is 18.0 Å². The Labute approximate surface area is 86.4 Å². The molecule has 0 amide bonds. The number of rotatable bonds is 0. The van der Waals surface area contributed by atoms with Crippen molar-refractivity contribution in [2.75, 3.05) is 0 Å². The number of hydrogen-bond acceptors (Lipinski definition) is 0. The third-order valence-corrected chi connectivity index (χ3v) is 1.56. The molecule has 16 heavy (non-hydrogen) atoms. The van der Waals surface area contributed by atoms with Crippen molar-refractivity contribution < 1.29 is 35.1 Å². The second-order valence-corrected chi connectivity index (χ2v) is 2.79. The lowest BCUT2D eigenvalue weighted by Crippen LogP contribution is -2.38. The number of halogens is 7. The highest BCUT2D eigenvalue weighted by Crippen LogP contribution is 2.27. The summed E-state index contributed by atoms with van der Waals surface area (Å²) in [6.07, 6.45) is -2.89. The molecule has 0 spiro atoms. The summed E-state index contributed by atoms with van der Waals surface area (Å²) in [7, 11) is -3.09. The van der Waals surface area contributed by atoms with Crippen molar-refractivity contribution in [3.8, 4) is 0 Å². The zero-order valence-corrected chi connectivity index (χ0v) is 8.27. The van der Waals surface area contributed by atoms with Crippen LogP contribution in [-0.4, -0.2) is 11.9 Å². The van der Waals surface area contributed by atoms with Crippen LogP contribution < -0.4 is 4.68 Å². The first kappa shape index (κ1) is 14.8. The highest BCUT2D eigenvalue weighted by molar-refractivity contribution is 6.50. The smallest absolute Gasteiger partial charge is 0.418 e. The Hall–Kier alpha value is -1.22. The van der Waals surface area contributed by atoms with E-state index in [4.69, 9.17) is 0 Å². The van der Waals surface area contributed by atoms with E-state index in [0.29, 0.717) is 0 Å². The average Bonchev–Trinajstić information content (AvgIpc) is 2.27. The molecule has 1 heterocycles. The molecule has 0 N–H and O–H groups in total. The summed E-state index contributed by atoms with van der Waals surface area (Å²) in [5, 5.41) is 0. The van der Waals surface area contributed by atoms with Gasteiger partial charge in [-0.05, 0) is 0 Å². The quantitative estimate of drug-likeness (QED) is 0.380. The molecule has 0 unspecified atom stereocenters. The van der Waals surface area contributed by atoms with Gasteiger partial charge in [-0.1, -0.05) is 0 Å². The van der Waals surface area contributed by atoms with Crippen LogP contribution >= 0.6 is 0 Å². The van der Waals surface area contributed by atoms with E-state index in [0.717, 1.165) is 10.7 Å². The van der Waals surface area contributed by atoms with E-state index < -0.39 is 19.1 Å². The van der Waals surface area contributed by atoms with Crippen LogP contribution in [-0.2, 0) is 20.3 Å². The third-order valence-electron chi connectivity index (χ3n) is 1.56. The van der Waals surface area contributed by atoms with Crippen LogP contribution in [0.15, 0.2) is 12.3 Å². The van der Waals surface area contributed by atoms with Gasteiger partial charge in [-0.3, -0.25) is 0 Å². The lowest BCUT2D eigenvalue weighted by atomic mass is 10.3. The monoisotopic (exact) mass is 252 g/mol. The predicted octanol–water partition coefficient (Wildman–Crippen LogP) is 2.17. The zero-order chi connectivity index (χ0) is 13.1. The van der Waals surface area contributed by atoms with Crippen LogP contribution in [0.5, 0.6) is 0 Å². The Morgan fingerprint density at radius 1 is 1.19 bits per heavy atom. The van der Waals surface area contributed by atoms with E-state index in [9.17, 15) is 30.4 Å². The van der Waals surface area contributed by atoms with E-state index in [2.05, 4.69) is 0 Å². The average molecular weight is 252 g/mol. The van der Waals surface area contributed by atoms with Gasteiger partial charge in [-0.2, -0.15) is 17.9 Å². The van der Waals surface area contributed by atoms with Crippen molar-refractivity contribution in [2.45, 2.75) is 6.18 Å². The molecule has 0 radical (unpaired) electrons. The molecule has 0 saturated heterocycles. The fourth-order valence-electron chi connectivity index (χ4n) is 0.834. The Morgan fingerprint density at radius 3 is 1.69 bits per heavy atom. The molecule has 2 nitrogen and oxygen atoms in total. The minimum Gasteiger partial charge on any atom is -0.418 e. The van der Waals surface area contributed by atoms with Crippen molar-refractivity contribution in [1.29, 1.82) is 0 Å². The molecular weight excluding hydrogens is 244 g/mol. The summed E-state index contributed by atoms with van der Waals surface area (Å²) in [6, 6.07) is 1.04. The minimum atomic E-state index is -6.00. The molecular formula is C6H8BF7N2. The maximum absolute atomic E-state index is 12.0. The normalized spacial score (nSPS) is 12.1. The summed E-state index contributed by atoms with van der Waals surface area (Å²) in [6.45, 7) is 0. The fourth-order valence-corrected chi connectivity index (χ4v) is 0.834. The standard InChI is InChI=1S/C6H8F3N2.BF4/c1-10-4-3-5(11(10)2)6(7,8)9;2-1(3,4)5/h3-4H,1-2H3;/q+1;-1. The molecule has 1 rings (SSSR count). The highest BCUT2D eigenvalue weighted by Gasteiger charge is 2.36. The van der Waals surface area contributed by atoms with Crippen molar-refractivity contribution >= 4 is 7.25 Å². The van der Waals surface area contributed by atoms with E-state index in [-0.39, 0.29) is 0 Å². The largest absolute Gasteiger partial charge is 0.673 e. The van der Waals surface area contributed by atoms with Gasteiger partial charge >= 0.3 is 13.4 Å². The molecule has 10 heteroatoms. The Bertz CT molecular complexity index is 334. The molecule has 0 atom stereocenters. The van der Waals surface area contributed by atoms with Gasteiger partial charge in [0.25, 0.3) is 0 Å². The van der Waals surface area contributed by atoms with Crippen LogP contribution in [0, 0.1) is 0 Å². The Morgan fingerprint density at radius 2 is 1.56 bits per heavy atom. The lowest BCUT2D eigenvalue weighted by molar-refractivity contribution is -0.752. The maximum Gasteiger partial charge on any atom is 0.673 e. The van der Waals surface area contributed by atoms with Gasteiger partial charge in [0.05, 0.1) is 7.05 Å². The Kier molecular flexibility index (Phi) is 4.39. The van der Waals surface area contributed by atoms with Crippen LogP contribution in [0.4, 0.5) is 30.4 Å². The number of hydrogen-bond donors (Lipinski definition) is 0. The van der Waals surface area contributed by atoms with E-state index in [1.54, 1.807) is 7.05 Å². The van der Waals surface area contributed by atoms with Crippen LogP contribution in [0.25, 0.3) is 0 Å². The van der Waals surface area contributed by atoms with E-state index >= 15 is 0 Å². The molecule has 0 aliphatic carbocycles. The first-order chi connectivity index (χ1) is 6.93. The lowest BCUT2D eigenvalue weighted by Gasteiger charge is -2.03. The summed E-state index contributed by atoms with van der Waals surface area (Å²) in [5.41, 5.74) is -0.639. The zero-order valence-electron chi connectivity index (χ0n) is 8.27. The molecule has 0 bridgehead atoms. The van der Waals surface area contributed by atoms with Crippen LogP contribution in [0.1, 0.15) is 5.69 Å². The summed E-state index contributed by atoms with van der Waals surface area (Å²) in [4.78, 5) is 0. The predicted molar refractivity (Wildman–Crippen MR) is 41.8 cm³/mol. The maximum atomic E-state index is 12.0. The van der Waals surface area contributed by atoms with Gasteiger partial charge in [-0.15, -0.1) is 4.68 Å². The topological polar surface area (TPSA) is 8.81 Å². The minimum absolute atomic E-state index is 0.639. The second kappa shape index (κ2) is 4.75. The first-order valence-electron chi connectivity index (χ1n) is 3.89. The van der Waals surface area contributed by atoms with E-state index in [1.807, 2.05) is 0 Å². The third kappa shape index (κ3) is 5.61. The highest BCUT2D eigenvalue weighted by atomic mass is 19.5. The molecule has 0 aliphatic rings. The van der Waals surface area contributed by atoms with Crippen molar-refractivity contribution in [2.24, 2.45) is 14.1 Å². The van der Waals surface area contributed by atoms with Gasteiger partial charge in [0.15, 0.2) is 18.9 Å². The summed E-state index contributed by atoms with van der Waals surface area (Å²) in [5.74, 6) is 0. The molecule has 0 saturated carbocycles. The fraction of sp³-hybridized carbons (Fsp3) is 0.500. The Balaban J connectivity index is 0.000000385. The molecule has 0 aliphatic heterocycles. The van der Waals surface area contributed by atoms with Gasteiger partial charge < -0.3 is 17.3 Å². The molecule has 0 fully saturated rings. The van der Waals surface area contributed by atoms with Crippen LogP contribution in [0.3, 0.4) is 0 Å². The van der Waals surface area contributed by atoms with Gasteiger partial charge in [0, 0.05) is 6.07 Å². The van der Waals surface area contributed by atoms with Crippen molar-refractivity contribution in [3.63, 3.8) is 0 Å². The molecule has 0 aromatic carbocycles. The SMILES string of the molecule is Cn1c(C(F)(F)F)cc[n+]1C.F[B-](F)(F)F. The van der Waals surface area contributed by atoms with Gasteiger partial charge in [-0.25, -0.2) is 0 Å². The number of aromatic nitrogens is 2. The number of nitrogens with zero attached hydrogens (tertiary/aromatic N) is 2. The second-order valence-electron chi connectivity index (χ2n) is 2.79. The number of alkyl halides is 3. The molecule has 94 valence electrons. The van der Waals surface area contributed by atoms with Crippen LogP contribution in [0.2, 0.25) is 0 Å². The molecule has 1 aromatic heterocycles. The van der Waals surface area contributed by atoms with Gasteiger partial charge in [0.2, 0.25) is 0 Å².